The summed E-state index contributed by atoms with van der Waals surface area (Å²) in [5.41, 5.74) is 1.24. The number of aromatic nitrogens is 1. The summed E-state index contributed by atoms with van der Waals surface area (Å²) >= 11 is 5.22. The second-order valence-corrected chi connectivity index (χ2v) is 6.08. The SMILES string of the molecule is COc1ccc(C(C)NCCc2nccs2)cc1Br. The summed E-state index contributed by atoms with van der Waals surface area (Å²) in [6, 6.07) is 6.48. The van der Waals surface area contributed by atoms with Crippen LogP contribution in [-0.2, 0) is 6.42 Å². The fourth-order valence-electron chi connectivity index (χ4n) is 1.84. The number of ether oxygens (including phenoxy) is 1. The Balaban J connectivity index is 1.88. The largest absolute Gasteiger partial charge is 0.496 e. The Bertz CT molecular complexity index is 516. The Morgan fingerprint density at radius 3 is 2.95 bits per heavy atom. The molecule has 1 aromatic carbocycles. The Hall–Kier alpha value is -0.910. The highest BCUT2D eigenvalue weighted by Gasteiger charge is 2.08. The number of benzene rings is 1. The lowest BCUT2D eigenvalue weighted by Gasteiger charge is -2.15. The molecule has 0 radical (unpaired) electrons. The van der Waals surface area contributed by atoms with E-state index in [1.54, 1.807) is 18.4 Å². The summed E-state index contributed by atoms with van der Waals surface area (Å²) in [6.07, 6.45) is 2.82. The van der Waals surface area contributed by atoms with Gasteiger partial charge >= 0.3 is 0 Å². The van der Waals surface area contributed by atoms with Crippen LogP contribution in [0.2, 0.25) is 0 Å². The van der Waals surface area contributed by atoms with E-state index in [-0.39, 0.29) is 0 Å². The molecular weight excluding hydrogens is 324 g/mol. The summed E-state index contributed by atoms with van der Waals surface area (Å²) in [4.78, 5) is 4.28. The quantitative estimate of drug-likeness (QED) is 0.868. The Kier molecular flexibility index (Phi) is 5.36. The summed E-state index contributed by atoms with van der Waals surface area (Å²) in [5, 5.41) is 6.70. The maximum Gasteiger partial charge on any atom is 0.133 e. The molecule has 2 aromatic rings. The van der Waals surface area contributed by atoms with Gasteiger partial charge in [0.1, 0.15) is 5.75 Å². The lowest BCUT2D eigenvalue weighted by molar-refractivity contribution is 0.411. The highest BCUT2D eigenvalue weighted by molar-refractivity contribution is 9.10. The average Bonchev–Trinajstić information content (AvgIpc) is 2.91. The van der Waals surface area contributed by atoms with E-state index in [1.807, 2.05) is 17.6 Å². The molecule has 0 spiro atoms. The first kappa shape index (κ1) is 14.5. The van der Waals surface area contributed by atoms with Crippen LogP contribution in [0.3, 0.4) is 0 Å². The lowest BCUT2D eigenvalue weighted by atomic mass is 10.1. The molecule has 0 aliphatic carbocycles. The summed E-state index contributed by atoms with van der Waals surface area (Å²) in [7, 11) is 1.68. The molecule has 1 unspecified atom stereocenters. The van der Waals surface area contributed by atoms with Gasteiger partial charge in [-0.25, -0.2) is 4.98 Å². The van der Waals surface area contributed by atoms with Crippen LogP contribution in [0.25, 0.3) is 0 Å². The molecule has 0 amide bonds. The molecule has 1 atom stereocenters. The predicted molar refractivity (Wildman–Crippen MR) is 82.9 cm³/mol. The molecule has 102 valence electrons. The molecular formula is C14H17BrN2OS. The maximum atomic E-state index is 5.24. The third-order valence-electron chi connectivity index (χ3n) is 2.95. The predicted octanol–water partition coefficient (Wildman–Crippen LogP) is 3.81. The van der Waals surface area contributed by atoms with E-state index in [4.69, 9.17) is 4.74 Å². The molecule has 2 rings (SSSR count). The molecule has 1 N–H and O–H groups in total. The number of nitrogens with zero attached hydrogens (tertiary/aromatic N) is 1. The van der Waals surface area contributed by atoms with Gasteiger partial charge in [0, 0.05) is 30.6 Å². The topological polar surface area (TPSA) is 34.1 Å². The molecule has 1 aromatic heterocycles. The Labute approximate surface area is 126 Å². The van der Waals surface area contributed by atoms with Crippen molar-refractivity contribution in [2.24, 2.45) is 0 Å². The van der Waals surface area contributed by atoms with Gasteiger partial charge in [-0.05, 0) is 40.5 Å². The van der Waals surface area contributed by atoms with Gasteiger partial charge in [0.2, 0.25) is 0 Å². The molecule has 3 nitrogen and oxygen atoms in total. The monoisotopic (exact) mass is 340 g/mol. The fraction of sp³-hybridized carbons (Fsp3) is 0.357. The fourth-order valence-corrected chi connectivity index (χ4v) is 3.02. The van der Waals surface area contributed by atoms with E-state index in [2.05, 4.69) is 45.3 Å². The van der Waals surface area contributed by atoms with Crippen LogP contribution in [0.15, 0.2) is 34.2 Å². The van der Waals surface area contributed by atoms with Crippen LogP contribution in [0.5, 0.6) is 5.75 Å². The van der Waals surface area contributed by atoms with Crippen molar-refractivity contribution in [2.75, 3.05) is 13.7 Å². The first-order valence-electron chi connectivity index (χ1n) is 6.16. The van der Waals surface area contributed by atoms with Crippen LogP contribution in [0.4, 0.5) is 0 Å². The highest BCUT2D eigenvalue weighted by atomic mass is 79.9. The van der Waals surface area contributed by atoms with Crippen LogP contribution in [0.1, 0.15) is 23.5 Å². The molecule has 0 fully saturated rings. The molecule has 1 heterocycles. The number of hydrogen-bond acceptors (Lipinski definition) is 4. The van der Waals surface area contributed by atoms with Gasteiger partial charge in [0.15, 0.2) is 0 Å². The standard InChI is InChI=1S/C14H17BrN2OS/c1-10(16-6-5-14-17-7-8-19-14)11-3-4-13(18-2)12(15)9-11/h3-4,7-10,16H,5-6H2,1-2H3. The summed E-state index contributed by atoms with van der Waals surface area (Å²) in [5.74, 6) is 0.860. The van der Waals surface area contributed by atoms with Gasteiger partial charge in [-0.15, -0.1) is 11.3 Å². The van der Waals surface area contributed by atoms with Gasteiger partial charge in [-0.1, -0.05) is 6.07 Å². The van der Waals surface area contributed by atoms with Crippen molar-refractivity contribution in [3.05, 3.63) is 44.8 Å². The van der Waals surface area contributed by atoms with E-state index in [0.717, 1.165) is 23.2 Å². The minimum Gasteiger partial charge on any atom is -0.496 e. The van der Waals surface area contributed by atoms with Crippen molar-refractivity contribution in [1.82, 2.24) is 10.3 Å². The lowest BCUT2D eigenvalue weighted by Crippen LogP contribution is -2.21. The van der Waals surface area contributed by atoms with E-state index in [0.29, 0.717) is 6.04 Å². The van der Waals surface area contributed by atoms with Gasteiger partial charge < -0.3 is 10.1 Å². The zero-order valence-electron chi connectivity index (χ0n) is 11.0. The Morgan fingerprint density at radius 2 is 2.32 bits per heavy atom. The summed E-state index contributed by atoms with van der Waals surface area (Å²) in [6.45, 7) is 3.09. The van der Waals surface area contributed by atoms with Crippen molar-refractivity contribution in [1.29, 1.82) is 0 Å². The van der Waals surface area contributed by atoms with Gasteiger partial charge in [0.25, 0.3) is 0 Å². The van der Waals surface area contributed by atoms with E-state index >= 15 is 0 Å². The second-order valence-electron chi connectivity index (χ2n) is 4.25. The normalized spacial score (nSPS) is 12.4. The molecule has 0 saturated carbocycles. The number of halogens is 1. The first-order chi connectivity index (χ1) is 9.20. The minimum absolute atomic E-state index is 0.308. The third-order valence-corrected chi connectivity index (χ3v) is 4.41. The van der Waals surface area contributed by atoms with E-state index < -0.39 is 0 Å². The van der Waals surface area contributed by atoms with Gasteiger partial charge in [-0.2, -0.15) is 0 Å². The second kappa shape index (κ2) is 7.03. The van der Waals surface area contributed by atoms with Crippen molar-refractivity contribution in [3.8, 4) is 5.75 Å². The molecule has 0 saturated heterocycles. The summed E-state index contributed by atoms with van der Waals surface area (Å²) < 4.78 is 6.22. The molecule has 5 heteroatoms. The van der Waals surface area contributed by atoms with Crippen molar-refractivity contribution in [2.45, 2.75) is 19.4 Å². The molecule has 0 aliphatic rings. The number of hydrogen-bond donors (Lipinski definition) is 1. The number of nitrogens with one attached hydrogen (secondary N) is 1. The number of rotatable bonds is 6. The van der Waals surface area contributed by atoms with Crippen molar-refractivity contribution < 1.29 is 4.74 Å². The zero-order chi connectivity index (χ0) is 13.7. The average molecular weight is 341 g/mol. The Morgan fingerprint density at radius 1 is 1.47 bits per heavy atom. The first-order valence-corrected chi connectivity index (χ1v) is 7.83. The number of thiazole rings is 1. The third kappa shape index (κ3) is 4.03. The molecule has 0 aliphatic heterocycles. The van der Waals surface area contributed by atoms with Crippen LogP contribution in [0, 0.1) is 0 Å². The minimum atomic E-state index is 0.308. The molecule has 0 bridgehead atoms. The smallest absolute Gasteiger partial charge is 0.133 e. The maximum absolute atomic E-state index is 5.24. The van der Waals surface area contributed by atoms with Crippen LogP contribution in [-0.4, -0.2) is 18.6 Å². The molecule has 19 heavy (non-hydrogen) atoms. The van der Waals surface area contributed by atoms with E-state index in [1.165, 1.54) is 10.6 Å². The number of methoxy groups -OCH3 is 1. The highest BCUT2D eigenvalue weighted by Crippen LogP contribution is 2.27. The van der Waals surface area contributed by atoms with Gasteiger partial charge in [0.05, 0.1) is 16.6 Å². The van der Waals surface area contributed by atoms with Crippen molar-refractivity contribution >= 4 is 27.3 Å². The van der Waals surface area contributed by atoms with Gasteiger partial charge in [-0.3, -0.25) is 0 Å². The van der Waals surface area contributed by atoms with Crippen LogP contribution < -0.4 is 10.1 Å². The van der Waals surface area contributed by atoms with Crippen molar-refractivity contribution in [3.63, 3.8) is 0 Å². The van der Waals surface area contributed by atoms with Crippen LogP contribution >= 0.6 is 27.3 Å². The zero-order valence-corrected chi connectivity index (χ0v) is 13.4. The van der Waals surface area contributed by atoms with E-state index in [9.17, 15) is 0 Å².